The van der Waals surface area contributed by atoms with Crippen LogP contribution in [0.25, 0.3) is 0 Å². The fraction of sp³-hybridized carbons (Fsp3) is 0.933. The summed E-state index contributed by atoms with van der Waals surface area (Å²) in [5, 5.41) is 6.73. The zero-order valence-electron chi connectivity index (χ0n) is 11.9. The average Bonchev–Trinajstić information content (AvgIpc) is 2.84. The molecule has 2 unspecified atom stereocenters. The zero-order valence-corrected chi connectivity index (χ0v) is 11.9. The number of hydrogen-bond donors (Lipinski definition) is 2. The number of amides is 1. The second-order valence-electron chi connectivity index (χ2n) is 6.48. The van der Waals surface area contributed by atoms with Gasteiger partial charge in [-0.2, -0.15) is 0 Å². The molecule has 18 heavy (non-hydrogen) atoms. The molecule has 1 saturated heterocycles. The van der Waals surface area contributed by atoms with Gasteiger partial charge >= 0.3 is 0 Å². The molecule has 2 fully saturated rings. The van der Waals surface area contributed by atoms with Gasteiger partial charge in [-0.3, -0.25) is 4.79 Å². The highest BCUT2D eigenvalue weighted by Crippen LogP contribution is 2.26. The minimum Gasteiger partial charge on any atom is -0.352 e. The van der Waals surface area contributed by atoms with E-state index in [1.165, 1.54) is 25.7 Å². The summed E-state index contributed by atoms with van der Waals surface area (Å²) < 4.78 is 0. The van der Waals surface area contributed by atoms with E-state index in [1.54, 1.807) is 0 Å². The number of carbonyl (C=O) groups is 1. The van der Waals surface area contributed by atoms with Crippen molar-refractivity contribution >= 4 is 5.91 Å². The second-order valence-corrected chi connectivity index (χ2v) is 6.48. The van der Waals surface area contributed by atoms with Crippen LogP contribution in [0.4, 0.5) is 0 Å². The van der Waals surface area contributed by atoms with E-state index in [-0.39, 0.29) is 0 Å². The van der Waals surface area contributed by atoms with Crippen molar-refractivity contribution in [1.29, 1.82) is 0 Å². The van der Waals surface area contributed by atoms with Crippen molar-refractivity contribution in [3.05, 3.63) is 0 Å². The maximum absolute atomic E-state index is 12.2. The number of carbonyl (C=O) groups excluding carboxylic acids is 1. The Morgan fingerprint density at radius 1 is 1.28 bits per heavy atom. The summed E-state index contributed by atoms with van der Waals surface area (Å²) in [5.74, 6) is 2.00. The Morgan fingerprint density at radius 3 is 2.67 bits per heavy atom. The fourth-order valence-electron chi connectivity index (χ4n) is 3.46. The molecule has 1 saturated carbocycles. The van der Waals surface area contributed by atoms with E-state index in [0.717, 1.165) is 31.8 Å². The summed E-state index contributed by atoms with van der Waals surface area (Å²) >= 11 is 0. The zero-order chi connectivity index (χ0) is 13.0. The van der Waals surface area contributed by atoms with E-state index >= 15 is 0 Å². The molecule has 104 valence electrons. The minimum atomic E-state index is 0.298. The van der Waals surface area contributed by atoms with E-state index in [4.69, 9.17) is 0 Å². The number of piperidine rings is 1. The number of rotatable bonds is 4. The van der Waals surface area contributed by atoms with Gasteiger partial charge in [-0.1, -0.05) is 26.7 Å². The van der Waals surface area contributed by atoms with Gasteiger partial charge in [0.05, 0.1) is 0 Å². The first-order valence-electron chi connectivity index (χ1n) is 7.68. The van der Waals surface area contributed by atoms with E-state index in [9.17, 15) is 4.79 Å². The first-order valence-corrected chi connectivity index (χ1v) is 7.68. The number of hydrogen-bond acceptors (Lipinski definition) is 2. The van der Waals surface area contributed by atoms with Crippen LogP contribution in [-0.2, 0) is 4.79 Å². The molecule has 3 nitrogen and oxygen atoms in total. The lowest BCUT2D eigenvalue weighted by atomic mass is 9.85. The third-order valence-electron chi connectivity index (χ3n) is 4.45. The first-order chi connectivity index (χ1) is 8.66. The highest BCUT2D eigenvalue weighted by Gasteiger charge is 2.30. The van der Waals surface area contributed by atoms with Gasteiger partial charge in [0.15, 0.2) is 0 Å². The van der Waals surface area contributed by atoms with Crippen molar-refractivity contribution < 1.29 is 4.79 Å². The molecule has 2 rings (SSSR count). The van der Waals surface area contributed by atoms with Crippen LogP contribution >= 0.6 is 0 Å². The van der Waals surface area contributed by atoms with Gasteiger partial charge in [-0.05, 0) is 44.1 Å². The molecule has 0 aromatic carbocycles. The van der Waals surface area contributed by atoms with Crippen molar-refractivity contribution in [3.8, 4) is 0 Å². The Labute approximate surface area is 111 Å². The van der Waals surface area contributed by atoms with E-state index in [1.807, 2.05) is 0 Å². The van der Waals surface area contributed by atoms with Crippen LogP contribution in [0.5, 0.6) is 0 Å². The molecule has 3 heteroatoms. The van der Waals surface area contributed by atoms with Gasteiger partial charge in [-0.15, -0.1) is 0 Å². The van der Waals surface area contributed by atoms with Crippen molar-refractivity contribution in [1.82, 2.24) is 10.6 Å². The smallest absolute Gasteiger partial charge is 0.223 e. The molecule has 2 aliphatic rings. The molecular formula is C15H28N2O. The quantitative estimate of drug-likeness (QED) is 0.806. The summed E-state index contributed by atoms with van der Waals surface area (Å²) in [6.45, 7) is 6.61. The largest absolute Gasteiger partial charge is 0.352 e. The van der Waals surface area contributed by atoms with E-state index < -0.39 is 0 Å². The van der Waals surface area contributed by atoms with Crippen LogP contribution in [-0.4, -0.2) is 25.0 Å². The van der Waals surface area contributed by atoms with Crippen LogP contribution in [0.1, 0.15) is 52.4 Å². The maximum atomic E-state index is 12.2. The SMILES string of the molecule is CC(C)CC1CCNCC1NC(=O)C1CCCC1. The monoisotopic (exact) mass is 252 g/mol. The summed E-state index contributed by atoms with van der Waals surface area (Å²) in [7, 11) is 0. The molecule has 1 aliphatic heterocycles. The van der Waals surface area contributed by atoms with Crippen molar-refractivity contribution in [2.75, 3.05) is 13.1 Å². The average molecular weight is 252 g/mol. The van der Waals surface area contributed by atoms with Crippen LogP contribution in [0.15, 0.2) is 0 Å². The van der Waals surface area contributed by atoms with E-state index in [2.05, 4.69) is 24.5 Å². The van der Waals surface area contributed by atoms with Gasteiger partial charge in [0.2, 0.25) is 5.91 Å². The Morgan fingerprint density at radius 2 is 2.00 bits per heavy atom. The fourth-order valence-corrected chi connectivity index (χ4v) is 3.46. The van der Waals surface area contributed by atoms with Crippen LogP contribution in [0.3, 0.4) is 0 Å². The molecule has 1 heterocycles. The molecule has 0 spiro atoms. The highest BCUT2D eigenvalue weighted by atomic mass is 16.1. The van der Waals surface area contributed by atoms with Gasteiger partial charge in [0.25, 0.3) is 0 Å². The van der Waals surface area contributed by atoms with Crippen molar-refractivity contribution in [2.45, 2.75) is 58.4 Å². The third kappa shape index (κ3) is 3.71. The van der Waals surface area contributed by atoms with Crippen LogP contribution < -0.4 is 10.6 Å². The third-order valence-corrected chi connectivity index (χ3v) is 4.45. The summed E-state index contributed by atoms with van der Waals surface area (Å²) in [6, 6.07) is 0.356. The molecule has 2 atom stereocenters. The van der Waals surface area contributed by atoms with Crippen LogP contribution in [0, 0.1) is 17.8 Å². The van der Waals surface area contributed by atoms with Crippen LogP contribution in [0.2, 0.25) is 0 Å². The lowest BCUT2D eigenvalue weighted by Crippen LogP contribution is -2.52. The normalized spacial score (nSPS) is 29.7. The lowest BCUT2D eigenvalue weighted by Gasteiger charge is -2.34. The predicted molar refractivity (Wildman–Crippen MR) is 74.3 cm³/mol. The lowest BCUT2D eigenvalue weighted by molar-refractivity contribution is -0.126. The molecule has 0 aromatic rings. The first kappa shape index (κ1) is 13.9. The van der Waals surface area contributed by atoms with Gasteiger partial charge in [-0.25, -0.2) is 0 Å². The molecule has 0 bridgehead atoms. The molecule has 0 aromatic heterocycles. The Bertz CT molecular complexity index is 272. The second kappa shape index (κ2) is 6.55. The van der Waals surface area contributed by atoms with Gasteiger partial charge in [0, 0.05) is 18.5 Å². The summed E-state index contributed by atoms with van der Waals surface area (Å²) in [5.41, 5.74) is 0. The molecule has 1 amide bonds. The van der Waals surface area contributed by atoms with Gasteiger partial charge < -0.3 is 10.6 Å². The minimum absolute atomic E-state index is 0.298. The molecule has 0 radical (unpaired) electrons. The standard InChI is InChI=1S/C15H28N2O/c1-11(2)9-13-7-8-16-10-14(13)17-15(18)12-5-3-4-6-12/h11-14,16H,3-10H2,1-2H3,(H,17,18). The molecule has 2 N–H and O–H groups in total. The predicted octanol–water partition coefficient (Wildman–Crippen LogP) is 2.32. The van der Waals surface area contributed by atoms with Crippen molar-refractivity contribution in [2.24, 2.45) is 17.8 Å². The Hall–Kier alpha value is -0.570. The maximum Gasteiger partial charge on any atom is 0.223 e. The van der Waals surface area contributed by atoms with Gasteiger partial charge in [0.1, 0.15) is 0 Å². The number of nitrogens with one attached hydrogen (secondary N) is 2. The molecular weight excluding hydrogens is 224 g/mol. The summed E-state index contributed by atoms with van der Waals surface area (Å²) in [6.07, 6.45) is 7.10. The Kier molecular flexibility index (Phi) is 5.04. The molecule has 1 aliphatic carbocycles. The van der Waals surface area contributed by atoms with E-state index in [0.29, 0.717) is 23.8 Å². The van der Waals surface area contributed by atoms with Crippen molar-refractivity contribution in [3.63, 3.8) is 0 Å². The highest BCUT2D eigenvalue weighted by molar-refractivity contribution is 5.79. The summed E-state index contributed by atoms with van der Waals surface area (Å²) in [4.78, 5) is 12.2. The Balaban J connectivity index is 1.86. The topological polar surface area (TPSA) is 41.1 Å².